The summed E-state index contributed by atoms with van der Waals surface area (Å²) in [6.07, 6.45) is 3.23. The Morgan fingerprint density at radius 2 is 1.85 bits per heavy atom. The summed E-state index contributed by atoms with van der Waals surface area (Å²) in [6.45, 7) is 0.452. The van der Waals surface area contributed by atoms with Gasteiger partial charge < -0.3 is 5.32 Å². The lowest BCUT2D eigenvalue weighted by Crippen LogP contribution is -2.31. The van der Waals surface area contributed by atoms with E-state index in [0.717, 1.165) is 22.2 Å². The molecule has 4 rings (SSSR count). The summed E-state index contributed by atoms with van der Waals surface area (Å²) in [5, 5.41) is 5.04. The Morgan fingerprint density at radius 1 is 1.15 bits per heavy atom. The Kier molecular flexibility index (Phi) is 5.05. The third-order valence-corrected chi connectivity index (χ3v) is 8.53. The molecule has 1 aromatic heterocycles. The van der Waals surface area contributed by atoms with Gasteiger partial charge in [-0.1, -0.05) is 42.6 Å². The first-order valence-corrected chi connectivity index (χ1v) is 11.6. The zero-order valence-electron chi connectivity index (χ0n) is 15.0. The fraction of sp³-hybridized carbons (Fsp3) is 0.300. The number of nitrogens with zero attached hydrogens (tertiary/aromatic N) is 1. The normalized spacial score (nSPS) is 14.4. The molecule has 142 valence electrons. The highest BCUT2D eigenvalue weighted by Gasteiger charge is 2.31. The molecule has 1 N–H and O–H groups in total. The fourth-order valence-corrected chi connectivity index (χ4v) is 6.43. The van der Waals surface area contributed by atoms with Crippen molar-refractivity contribution in [3.8, 4) is 0 Å². The lowest BCUT2D eigenvalue weighted by molar-refractivity contribution is 0.587. The van der Waals surface area contributed by atoms with Crippen molar-refractivity contribution in [1.29, 1.82) is 0 Å². The Hall–Kier alpha value is -1.76. The Balaban J connectivity index is 1.77. The van der Waals surface area contributed by atoms with Gasteiger partial charge in [-0.05, 0) is 42.7 Å². The molecule has 0 radical (unpaired) electrons. The van der Waals surface area contributed by atoms with Gasteiger partial charge in [0, 0.05) is 29.4 Å². The average Bonchev–Trinajstić information content (AvgIpc) is 3.45. The van der Waals surface area contributed by atoms with Crippen LogP contribution >= 0.6 is 22.9 Å². The minimum absolute atomic E-state index is 0.283. The summed E-state index contributed by atoms with van der Waals surface area (Å²) in [5.74, 6) is 0.627. The molecular formula is C20H21ClN2O2S2. The zero-order chi connectivity index (χ0) is 19.0. The maximum absolute atomic E-state index is 13.4. The summed E-state index contributed by atoms with van der Waals surface area (Å²) < 4.78 is 29.4. The van der Waals surface area contributed by atoms with Crippen molar-refractivity contribution < 1.29 is 8.42 Å². The second kappa shape index (κ2) is 7.34. The van der Waals surface area contributed by atoms with E-state index in [4.69, 9.17) is 11.6 Å². The summed E-state index contributed by atoms with van der Waals surface area (Å²) in [6, 6.07) is 14.6. The highest BCUT2D eigenvalue weighted by Crippen LogP contribution is 2.44. The molecule has 1 aliphatic carbocycles. The van der Waals surface area contributed by atoms with Crippen LogP contribution in [-0.4, -0.2) is 22.0 Å². The van der Waals surface area contributed by atoms with Crippen LogP contribution in [0.5, 0.6) is 0 Å². The lowest BCUT2D eigenvalue weighted by atomic mass is 10.2. The first-order valence-electron chi connectivity index (χ1n) is 8.98. The number of sulfonamides is 1. The number of rotatable bonds is 7. The van der Waals surface area contributed by atoms with E-state index in [0.29, 0.717) is 22.5 Å². The smallest absolute Gasteiger partial charge is 0.264 e. The van der Waals surface area contributed by atoms with E-state index in [2.05, 4.69) is 5.32 Å². The number of halogens is 1. The second-order valence-corrected chi connectivity index (χ2v) is 10.1. The van der Waals surface area contributed by atoms with Crippen LogP contribution in [0.3, 0.4) is 0 Å². The molecule has 2 aromatic carbocycles. The van der Waals surface area contributed by atoms with E-state index in [9.17, 15) is 8.42 Å². The number of benzene rings is 2. The van der Waals surface area contributed by atoms with Crippen molar-refractivity contribution >= 4 is 53.7 Å². The number of hydrogen-bond acceptors (Lipinski definition) is 4. The summed E-state index contributed by atoms with van der Waals surface area (Å²) in [7, 11) is -1.88. The van der Waals surface area contributed by atoms with Crippen LogP contribution in [0.25, 0.3) is 10.1 Å². The minimum atomic E-state index is -3.69. The number of anilines is 2. The van der Waals surface area contributed by atoms with Gasteiger partial charge in [-0.2, -0.15) is 0 Å². The molecule has 0 spiro atoms. The maximum atomic E-state index is 13.4. The van der Waals surface area contributed by atoms with E-state index < -0.39 is 10.0 Å². The van der Waals surface area contributed by atoms with Crippen molar-refractivity contribution in [1.82, 2.24) is 0 Å². The highest BCUT2D eigenvalue weighted by molar-refractivity contribution is 7.93. The van der Waals surface area contributed by atoms with E-state index in [1.54, 1.807) is 24.3 Å². The van der Waals surface area contributed by atoms with Gasteiger partial charge in [0.2, 0.25) is 0 Å². The molecule has 0 saturated heterocycles. The predicted molar refractivity (Wildman–Crippen MR) is 115 cm³/mol. The maximum Gasteiger partial charge on any atom is 0.264 e. The Bertz CT molecular complexity index is 1060. The highest BCUT2D eigenvalue weighted by atomic mass is 35.5. The molecule has 27 heavy (non-hydrogen) atoms. The molecule has 0 atom stereocenters. The SMILES string of the molecule is CNc1ccc(S(=O)(=O)N(CCC2CC2)c2sc3ccccc3c2Cl)cc1. The van der Waals surface area contributed by atoms with Crippen molar-refractivity contribution in [2.24, 2.45) is 5.92 Å². The molecule has 3 aromatic rings. The van der Waals surface area contributed by atoms with Crippen LogP contribution in [0.4, 0.5) is 10.7 Å². The molecule has 0 amide bonds. The first kappa shape index (κ1) is 18.6. The standard InChI is InChI=1S/C20H21ClN2O2S2/c1-22-15-8-10-16(11-9-15)27(24,25)23(13-12-14-6-7-14)20-19(21)17-4-2-3-5-18(17)26-20/h2-5,8-11,14,22H,6-7,12-13H2,1H3. The third-order valence-electron chi connectivity index (χ3n) is 4.91. The monoisotopic (exact) mass is 420 g/mol. The van der Waals surface area contributed by atoms with Gasteiger partial charge in [-0.3, -0.25) is 4.31 Å². The number of thiophene rings is 1. The van der Waals surface area contributed by atoms with E-state index in [-0.39, 0.29) is 4.90 Å². The van der Waals surface area contributed by atoms with Crippen LogP contribution in [0.15, 0.2) is 53.4 Å². The van der Waals surface area contributed by atoms with Gasteiger partial charge in [0.05, 0.1) is 9.92 Å². The molecule has 1 saturated carbocycles. The van der Waals surface area contributed by atoms with Crippen molar-refractivity contribution in [2.45, 2.75) is 24.2 Å². The summed E-state index contributed by atoms with van der Waals surface area (Å²) >= 11 is 8.05. The second-order valence-electron chi connectivity index (χ2n) is 6.80. The van der Waals surface area contributed by atoms with Crippen LogP contribution in [0.1, 0.15) is 19.3 Å². The molecule has 1 aliphatic rings. The molecule has 4 nitrogen and oxygen atoms in total. The average molecular weight is 421 g/mol. The number of nitrogens with one attached hydrogen (secondary N) is 1. The van der Waals surface area contributed by atoms with Crippen molar-refractivity contribution in [3.05, 3.63) is 53.6 Å². The van der Waals surface area contributed by atoms with Gasteiger partial charge in [-0.15, -0.1) is 11.3 Å². The number of fused-ring (bicyclic) bond motifs is 1. The van der Waals surface area contributed by atoms with Crippen LogP contribution in [0.2, 0.25) is 5.02 Å². The van der Waals surface area contributed by atoms with Gasteiger partial charge in [0.1, 0.15) is 5.00 Å². The van der Waals surface area contributed by atoms with Gasteiger partial charge >= 0.3 is 0 Å². The molecule has 1 fully saturated rings. The molecule has 7 heteroatoms. The third kappa shape index (κ3) is 3.66. The Labute approximate surface area is 168 Å². The van der Waals surface area contributed by atoms with Gasteiger partial charge in [0.25, 0.3) is 10.0 Å². The first-order chi connectivity index (χ1) is 13.0. The van der Waals surface area contributed by atoms with Gasteiger partial charge in [0.15, 0.2) is 0 Å². The summed E-state index contributed by atoms with van der Waals surface area (Å²) in [5.41, 5.74) is 0.873. The minimum Gasteiger partial charge on any atom is -0.388 e. The zero-order valence-corrected chi connectivity index (χ0v) is 17.4. The van der Waals surface area contributed by atoms with Crippen molar-refractivity contribution in [2.75, 3.05) is 23.2 Å². The van der Waals surface area contributed by atoms with Crippen LogP contribution in [-0.2, 0) is 10.0 Å². The Morgan fingerprint density at radius 3 is 2.48 bits per heavy atom. The van der Waals surface area contributed by atoms with Crippen LogP contribution < -0.4 is 9.62 Å². The summed E-state index contributed by atoms with van der Waals surface area (Å²) in [4.78, 5) is 0.283. The fourth-order valence-electron chi connectivity index (χ4n) is 3.12. The molecule has 0 bridgehead atoms. The quantitative estimate of drug-likeness (QED) is 0.541. The topological polar surface area (TPSA) is 49.4 Å². The lowest BCUT2D eigenvalue weighted by Gasteiger charge is -2.23. The van der Waals surface area contributed by atoms with E-state index in [1.807, 2.05) is 31.3 Å². The molecule has 0 aliphatic heterocycles. The van der Waals surface area contributed by atoms with Crippen LogP contribution in [0, 0.1) is 5.92 Å². The van der Waals surface area contributed by atoms with Gasteiger partial charge in [-0.25, -0.2) is 8.42 Å². The molecular weight excluding hydrogens is 400 g/mol. The molecule has 1 heterocycles. The van der Waals surface area contributed by atoms with E-state index >= 15 is 0 Å². The largest absolute Gasteiger partial charge is 0.388 e. The molecule has 0 unspecified atom stereocenters. The van der Waals surface area contributed by atoms with E-state index in [1.165, 1.54) is 28.5 Å². The number of hydrogen-bond donors (Lipinski definition) is 1. The predicted octanol–water partition coefficient (Wildman–Crippen LogP) is 5.59. The van der Waals surface area contributed by atoms with Crippen molar-refractivity contribution in [3.63, 3.8) is 0 Å².